The van der Waals surface area contributed by atoms with Crippen LogP contribution in [0.1, 0.15) is 11.1 Å². The minimum atomic E-state index is -0.607. The Kier molecular flexibility index (Phi) is 4.44. The third-order valence-electron chi connectivity index (χ3n) is 6.97. The number of ether oxygens (including phenoxy) is 1. The number of methoxy groups -OCH3 is 1. The zero-order chi connectivity index (χ0) is 25.5. The summed E-state index contributed by atoms with van der Waals surface area (Å²) >= 11 is 0. The number of nitrogens with zero attached hydrogens (tertiary/aromatic N) is 1. The van der Waals surface area contributed by atoms with E-state index in [9.17, 15) is 30.3 Å². The van der Waals surface area contributed by atoms with E-state index in [1.165, 1.54) is 37.4 Å². The molecule has 6 rings (SSSR count). The molecule has 0 saturated heterocycles. The maximum absolute atomic E-state index is 13.3. The van der Waals surface area contributed by atoms with Crippen molar-refractivity contribution in [2.45, 2.75) is 19.9 Å². The third kappa shape index (κ3) is 2.79. The lowest BCUT2D eigenvalue weighted by Crippen LogP contribution is -2.15. The van der Waals surface area contributed by atoms with Crippen LogP contribution in [0.25, 0.3) is 44.3 Å². The van der Waals surface area contributed by atoms with Gasteiger partial charge in [-0.05, 0) is 54.3 Å². The standard InChI is InChI=1S/C27H21NO8/c1-11-13-5-6-28-24(14(13)8-19(32)26(11)33)22(12-3-4-16(29)17(30)7-12)23-15-9-18(31)21(35-2)10-20(15)36-27(34)25(23)28/h3-4,7-10,29-33H,5-6H2,1-2H3. The van der Waals surface area contributed by atoms with Gasteiger partial charge >= 0.3 is 5.63 Å². The van der Waals surface area contributed by atoms with E-state index in [0.29, 0.717) is 51.7 Å². The van der Waals surface area contributed by atoms with Gasteiger partial charge in [-0.1, -0.05) is 6.07 Å². The zero-order valence-electron chi connectivity index (χ0n) is 19.3. The van der Waals surface area contributed by atoms with Crippen LogP contribution in [0.2, 0.25) is 0 Å². The molecule has 0 aliphatic carbocycles. The summed E-state index contributed by atoms with van der Waals surface area (Å²) in [6.45, 7) is 2.10. The van der Waals surface area contributed by atoms with Gasteiger partial charge in [-0.25, -0.2) is 4.79 Å². The molecule has 0 amide bonds. The quantitative estimate of drug-likeness (QED) is 0.181. The smallest absolute Gasteiger partial charge is 0.361 e. The molecule has 0 fully saturated rings. The van der Waals surface area contributed by atoms with Crippen molar-refractivity contribution in [2.24, 2.45) is 0 Å². The van der Waals surface area contributed by atoms with Crippen LogP contribution in [0.3, 0.4) is 0 Å². The fraction of sp³-hybridized carbons (Fsp3) is 0.148. The lowest BCUT2D eigenvalue weighted by Gasteiger charge is -2.24. The predicted octanol–water partition coefficient (Wildman–Crippen LogP) is 4.48. The van der Waals surface area contributed by atoms with Gasteiger partial charge in [-0.2, -0.15) is 0 Å². The highest BCUT2D eigenvalue weighted by molar-refractivity contribution is 6.17. The average molecular weight is 487 g/mol. The molecular weight excluding hydrogens is 466 g/mol. The molecule has 2 aromatic heterocycles. The third-order valence-corrected chi connectivity index (χ3v) is 6.97. The van der Waals surface area contributed by atoms with Crippen molar-refractivity contribution in [3.8, 4) is 56.9 Å². The first-order valence-corrected chi connectivity index (χ1v) is 11.2. The Balaban J connectivity index is 1.87. The summed E-state index contributed by atoms with van der Waals surface area (Å²) in [5.41, 5.74) is 3.38. The maximum Gasteiger partial charge on any atom is 0.361 e. The first-order chi connectivity index (χ1) is 17.2. The van der Waals surface area contributed by atoms with E-state index in [0.717, 1.165) is 5.56 Å². The van der Waals surface area contributed by atoms with Gasteiger partial charge in [0, 0.05) is 34.5 Å². The van der Waals surface area contributed by atoms with Crippen LogP contribution in [0.4, 0.5) is 0 Å². The van der Waals surface area contributed by atoms with Gasteiger partial charge in [0.2, 0.25) is 0 Å². The maximum atomic E-state index is 13.3. The molecule has 9 heteroatoms. The Labute approximate surface area is 203 Å². The molecule has 36 heavy (non-hydrogen) atoms. The summed E-state index contributed by atoms with van der Waals surface area (Å²) in [6, 6.07) is 8.68. The molecule has 0 bridgehead atoms. The van der Waals surface area contributed by atoms with Crippen LogP contribution in [-0.2, 0) is 13.0 Å². The van der Waals surface area contributed by atoms with E-state index in [1.54, 1.807) is 17.6 Å². The Hall–Kier alpha value is -4.79. The number of aromatic nitrogens is 1. The van der Waals surface area contributed by atoms with E-state index in [1.807, 2.05) is 0 Å². The lowest BCUT2D eigenvalue weighted by molar-refractivity contribution is 0.373. The number of phenols is 5. The summed E-state index contributed by atoms with van der Waals surface area (Å²) in [7, 11) is 1.39. The monoisotopic (exact) mass is 487 g/mol. The topological polar surface area (TPSA) is 146 Å². The highest BCUT2D eigenvalue weighted by Crippen LogP contribution is 2.50. The van der Waals surface area contributed by atoms with Crippen LogP contribution in [0.5, 0.6) is 34.5 Å². The van der Waals surface area contributed by atoms with Crippen LogP contribution in [-0.4, -0.2) is 37.2 Å². The normalized spacial score (nSPS) is 12.6. The van der Waals surface area contributed by atoms with Crippen molar-refractivity contribution >= 4 is 21.9 Å². The molecule has 1 aliphatic heterocycles. The van der Waals surface area contributed by atoms with Gasteiger partial charge in [0.25, 0.3) is 0 Å². The second kappa shape index (κ2) is 7.35. The Morgan fingerprint density at radius 3 is 2.44 bits per heavy atom. The molecule has 0 spiro atoms. The molecule has 5 aromatic rings. The Bertz CT molecular complexity index is 1810. The van der Waals surface area contributed by atoms with Crippen molar-refractivity contribution in [3.05, 3.63) is 57.9 Å². The SMILES string of the molecule is COc1cc2oc(=O)c3c(c(-c4ccc(O)c(O)c4)c4n3CCc3c-4cc(O)c(O)c3C)c2cc1O. The second-order valence-corrected chi connectivity index (χ2v) is 8.86. The van der Waals surface area contributed by atoms with Crippen molar-refractivity contribution in [2.75, 3.05) is 7.11 Å². The minimum absolute atomic E-state index is 0.138. The summed E-state index contributed by atoms with van der Waals surface area (Å²) < 4.78 is 12.6. The molecule has 0 radical (unpaired) electrons. The van der Waals surface area contributed by atoms with E-state index in [4.69, 9.17) is 9.15 Å². The van der Waals surface area contributed by atoms with Gasteiger partial charge in [-0.3, -0.25) is 0 Å². The minimum Gasteiger partial charge on any atom is -0.504 e. The number of benzene rings is 3. The van der Waals surface area contributed by atoms with Crippen LogP contribution < -0.4 is 10.4 Å². The highest BCUT2D eigenvalue weighted by atomic mass is 16.5. The second-order valence-electron chi connectivity index (χ2n) is 8.86. The molecule has 3 heterocycles. The first-order valence-electron chi connectivity index (χ1n) is 11.2. The Morgan fingerprint density at radius 1 is 0.944 bits per heavy atom. The van der Waals surface area contributed by atoms with Gasteiger partial charge in [0.15, 0.2) is 34.5 Å². The fourth-order valence-corrected chi connectivity index (χ4v) is 5.28. The van der Waals surface area contributed by atoms with Crippen molar-refractivity contribution in [1.29, 1.82) is 0 Å². The molecule has 3 aromatic carbocycles. The number of rotatable bonds is 2. The summed E-state index contributed by atoms with van der Waals surface area (Å²) in [4.78, 5) is 13.3. The van der Waals surface area contributed by atoms with Gasteiger partial charge in [0.1, 0.15) is 11.1 Å². The Morgan fingerprint density at radius 2 is 1.72 bits per heavy atom. The molecule has 0 unspecified atom stereocenters. The van der Waals surface area contributed by atoms with Crippen molar-refractivity contribution < 1.29 is 34.7 Å². The molecule has 9 nitrogen and oxygen atoms in total. The fourth-order valence-electron chi connectivity index (χ4n) is 5.28. The zero-order valence-corrected chi connectivity index (χ0v) is 19.3. The van der Waals surface area contributed by atoms with Crippen molar-refractivity contribution in [1.82, 2.24) is 4.57 Å². The van der Waals surface area contributed by atoms with Crippen molar-refractivity contribution in [3.63, 3.8) is 0 Å². The molecule has 0 atom stereocenters. The summed E-state index contributed by atoms with van der Waals surface area (Å²) in [5.74, 6) is -1.17. The predicted molar refractivity (Wildman–Crippen MR) is 132 cm³/mol. The number of hydrogen-bond donors (Lipinski definition) is 5. The molecule has 182 valence electrons. The number of aromatic hydroxyl groups is 5. The van der Waals surface area contributed by atoms with Gasteiger partial charge in [-0.15, -0.1) is 0 Å². The molecule has 5 N–H and O–H groups in total. The van der Waals surface area contributed by atoms with Gasteiger partial charge < -0.3 is 39.3 Å². The van der Waals surface area contributed by atoms with Crippen LogP contribution in [0.15, 0.2) is 45.6 Å². The van der Waals surface area contributed by atoms with E-state index < -0.39 is 5.63 Å². The van der Waals surface area contributed by atoms with Crippen LogP contribution >= 0.6 is 0 Å². The lowest BCUT2D eigenvalue weighted by atomic mass is 9.89. The van der Waals surface area contributed by atoms with E-state index in [2.05, 4.69) is 0 Å². The van der Waals surface area contributed by atoms with E-state index >= 15 is 0 Å². The highest BCUT2D eigenvalue weighted by Gasteiger charge is 2.31. The average Bonchev–Trinajstić information content (AvgIpc) is 3.21. The number of fused-ring (bicyclic) bond motifs is 7. The number of aryl methyl sites for hydroxylation is 1. The van der Waals surface area contributed by atoms with E-state index in [-0.39, 0.29) is 45.6 Å². The number of phenolic OH excluding ortho intramolecular Hbond substituents is 5. The van der Waals surface area contributed by atoms with Gasteiger partial charge in [0.05, 0.1) is 12.8 Å². The number of hydrogen-bond acceptors (Lipinski definition) is 8. The van der Waals surface area contributed by atoms with Crippen LogP contribution in [0, 0.1) is 6.92 Å². The summed E-state index contributed by atoms with van der Waals surface area (Å²) in [5, 5.41) is 52.5. The largest absolute Gasteiger partial charge is 0.504 e. The first kappa shape index (κ1) is 21.7. The summed E-state index contributed by atoms with van der Waals surface area (Å²) in [6.07, 6.45) is 0.484. The molecular formula is C27H21NO8. The molecule has 1 aliphatic rings. The molecule has 0 saturated carbocycles.